The number of aliphatic hydroxyl groups excluding tert-OH is 1. The summed E-state index contributed by atoms with van der Waals surface area (Å²) < 4.78 is 23.8. The van der Waals surface area contributed by atoms with Crippen LogP contribution in [0.4, 0.5) is 0 Å². The first-order chi connectivity index (χ1) is 22.6. The van der Waals surface area contributed by atoms with Crippen molar-refractivity contribution in [2.45, 2.75) is 42.6 Å². The molecule has 47 heavy (non-hydrogen) atoms. The van der Waals surface area contributed by atoms with Gasteiger partial charge in [0.15, 0.2) is 11.2 Å². The molecule has 1 saturated carbocycles. The van der Waals surface area contributed by atoms with E-state index in [0.717, 1.165) is 0 Å². The molecule has 0 radical (unpaired) electrons. The van der Waals surface area contributed by atoms with Gasteiger partial charge in [-0.1, -0.05) is 48.5 Å². The lowest BCUT2D eigenvalue weighted by Gasteiger charge is -2.56. The first-order valence-corrected chi connectivity index (χ1v) is 15.6. The summed E-state index contributed by atoms with van der Waals surface area (Å²) in [4.78, 5) is 28.2. The Kier molecular flexibility index (Phi) is 8.41. The first-order valence-electron chi connectivity index (χ1n) is 15.6. The van der Waals surface area contributed by atoms with E-state index in [1.54, 1.807) is 50.4 Å². The van der Waals surface area contributed by atoms with Crippen LogP contribution in [0.1, 0.15) is 42.4 Å². The van der Waals surface area contributed by atoms with Crippen molar-refractivity contribution in [1.82, 2.24) is 10.2 Å². The average molecular weight is 645 g/mol. The standard InChI is InChI=1S/C36H40N2O9/c1-22(16-19-39)32(40)37-17-8-9-18-38-33(41)31-29(23-10-6-5-7-11-23)35(24-12-14-25(44-2)15-13-24)36(38,43)34(31,42)30-27(46-4)20-26(45-3)21-28(30)47-35/h5-7,10-16,20-21,29,31,39,42-43H,8-9,17-19H2,1-4H3,(H,37,40)/b22-16+/t29-,31+,34-,35-,36+/m1/s1. The maximum atomic E-state index is 14.6. The Morgan fingerprint density at radius 2 is 1.66 bits per heavy atom. The molecule has 0 aromatic heterocycles. The maximum Gasteiger partial charge on any atom is 0.246 e. The fourth-order valence-electron chi connectivity index (χ4n) is 7.79. The lowest BCUT2D eigenvalue weighted by atomic mass is 9.70. The number of nitrogens with one attached hydrogen (secondary N) is 1. The molecular formula is C36H40N2O9. The number of hydrogen-bond acceptors (Lipinski definition) is 9. The number of benzene rings is 3. The van der Waals surface area contributed by atoms with E-state index in [2.05, 4.69) is 5.32 Å². The van der Waals surface area contributed by atoms with E-state index in [9.17, 15) is 19.8 Å². The third-order valence-corrected chi connectivity index (χ3v) is 9.87. The van der Waals surface area contributed by atoms with Crippen LogP contribution in [0.3, 0.4) is 0 Å². The zero-order valence-electron chi connectivity index (χ0n) is 26.9. The molecule has 3 aliphatic rings. The van der Waals surface area contributed by atoms with Crippen LogP contribution in [-0.4, -0.2) is 78.8 Å². The van der Waals surface area contributed by atoms with Gasteiger partial charge in [-0.15, -0.1) is 0 Å². The van der Waals surface area contributed by atoms with E-state index in [1.165, 1.54) is 25.2 Å². The zero-order valence-corrected chi connectivity index (χ0v) is 26.9. The number of likely N-dealkylation sites (tertiary alicyclic amines) is 1. The second kappa shape index (κ2) is 12.2. The Hall–Kier alpha value is -4.58. The van der Waals surface area contributed by atoms with Crippen molar-refractivity contribution in [1.29, 1.82) is 0 Å². The summed E-state index contributed by atoms with van der Waals surface area (Å²) in [5.41, 5.74) is -4.32. The number of amides is 2. The quantitative estimate of drug-likeness (QED) is 0.173. The lowest BCUT2D eigenvalue weighted by molar-refractivity contribution is -0.279. The van der Waals surface area contributed by atoms with Gasteiger partial charge in [0, 0.05) is 42.3 Å². The van der Waals surface area contributed by atoms with Gasteiger partial charge < -0.3 is 44.5 Å². The molecule has 5 atom stereocenters. The van der Waals surface area contributed by atoms with Crippen LogP contribution in [0, 0.1) is 5.92 Å². The number of unbranched alkanes of at least 4 members (excludes halogenated alkanes) is 1. The summed E-state index contributed by atoms with van der Waals surface area (Å²) in [6, 6.07) is 19.7. The molecule has 1 aliphatic carbocycles. The van der Waals surface area contributed by atoms with Crippen molar-refractivity contribution in [3.05, 3.63) is 95.1 Å². The van der Waals surface area contributed by atoms with Crippen LogP contribution in [0.25, 0.3) is 0 Å². The van der Waals surface area contributed by atoms with Crippen LogP contribution in [0.2, 0.25) is 0 Å². The summed E-state index contributed by atoms with van der Waals surface area (Å²) in [5, 5.41) is 38.4. The molecule has 4 bridgehead atoms. The predicted octanol–water partition coefficient (Wildman–Crippen LogP) is 2.97. The third-order valence-electron chi connectivity index (χ3n) is 9.87. The van der Waals surface area contributed by atoms with Crippen molar-refractivity contribution in [3.63, 3.8) is 0 Å². The molecule has 6 rings (SSSR count). The number of carbonyl (C=O) groups is 2. The monoisotopic (exact) mass is 644 g/mol. The van der Waals surface area contributed by atoms with Crippen molar-refractivity contribution in [2.24, 2.45) is 5.92 Å². The lowest BCUT2D eigenvalue weighted by Crippen LogP contribution is -2.71. The number of hydrogen-bond donors (Lipinski definition) is 4. The number of ether oxygens (including phenoxy) is 4. The Morgan fingerprint density at radius 3 is 2.30 bits per heavy atom. The molecule has 11 nitrogen and oxygen atoms in total. The topological polar surface area (TPSA) is 147 Å². The summed E-state index contributed by atoms with van der Waals surface area (Å²) >= 11 is 0. The SMILES string of the molecule is COc1ccc([C@]23Oc4cc(OC)cc(OC)c4[C@@]4(O)[C@H](C(=O)N(CCCCNC(=O)/C(C)=C/CO)[C@]42O)[C@H]3c2ccccc2)cc1. The van der Waals surface area contributed by atoms with Gasteiger partial charge in [0.2, 0.25) is 17.5 Å². The molecule has 3 aromatic carbocycles. The van der Waals surface area contributed by atoms with Crippen LogP contribution in [0.5, 0.6) is 23.0 Å². The van der Waals surface area contributed by atoms with Gasteiger partial charge in [-0.05, 0) is 37.5 Å². The molecule has 0 spiro atoms. The van der Waals surface area contributed by atoms with E-state index < -0.39 is 34.7 Å². The fraction of sp³-hybridized carbons (Fsp3) is 0.389. The number of rotatable bonds is 12. The second-order valence-electron chi connectivity index (χ2n) is 12.1. The smallest absolute Gasteiger partial charge is 0.246 e. The molecule has 4 N–H and O–H groups in total. The molecular weight excluding hydrogens is 604 g/mol. The van der Waals surface area contributed by atoms with Crippen LogP contribution < -0.4 is 24.3 Å². The number of carbonyl (C=O) groups excluding carboxylic acids is 2. The molecule has 0 unspecified atom stereocenters. The highest BCUT2D eigenvalue weighted by molar-refractivity contribution is 5.93. The van der Waals surface area contributed by atoms with E-state index in [4.69, 9.17) is 24.1 Å². The second-order valence-corrected chi connectivity index (χ2v) is 12.1. The highest BCUT2D eigenvalue weighted by Gasteiger charge is 2.90. The molecule has 2 aliphatic heterocycles. The van der Waals surface area contributed by atoms with Gasteiger partial charge in [-0.25, -0.2) is 0 Å². The van der Waals surface area contributed by atoms with E-state index in [-0.39, 0.29) is 36.1 Å². The Balaban J connectivity index is 1.50. The average Bonchev–Trinajstić information content (AvgIpc) is 3.31. The highest BCUT2D eigenvalue weighted by atomic mass is 16.5. The summed E-state index contributed by atoms with van der Waals surface area (Å²) in [5.74, 6) is -1.25. The van der Waals surface area contributed by atoms with E-state index >= 15 is 0 Å². The van der Waals surface area contributed by atoms with Crippen molar-refractivity contribution >= 4 is 11.8 Å². The summed E-state index contributed by atoms with van der Waals surface area (Å²) in [7, 11) is 4.52. The van der Waals surface area contributed by atoms with Crippen LogP contribution in [0.15, 0.2) is 78.4 Å². The van der Waals surface area contributed by atoms with Gasteiger partial charge in [0.1, 0.15) is 23.0 Å². The van der Waals surface area contributed by atoms with Gasteiger partial charge in [-0.2, -0.15) is 0 Å². The van der Waals surface area contributed by atoms with Crippen molar-refractivity contribution in [2.75, 3.05) is 41.0 Å². The number of nitrogens with zero attached hydrogens (tertiary/aromatic N) is 1. The van der Waals surface area contributed by atoms with Gasteiger partial charge in [-0.3, -0.25) is 9.59 Å². The molecule has 11 heteroatoms. The number of methoxy groups -OCH3 is 3. The van der Waals surface area contributed by atoms with Gasteiger partial charge in [0.25, 0.3) is 0 Å². The maximum absolute atomic E-state index is 14.6. The Labute approximate surface area is 273 Å². The molecule has 3 aromatic rings. The minimum atomic E-state index is -2.30. The summed E-state index contributed by atoms with van der Waals surface area (Å²) in [6.07, 6.45) is 2.31. The van der Waals surface area contributed by atoms with E-state index in [1.807, 2.05) is 30.3 Å². The normalized spacial score (nSPS) is 27.3. The zero-order chi connectivity index (χ0) is 33.6. The van der Waals surface area contributed by atoms with Gasteiger partial charge in [0.05, 0.1) is 39.4 Å². The Bertz CT molecular complexity index is 1690. The summed E-state index contributed by atoms with van der Waals surface area (Å²) in [6.45, 7) is 1.77. The van der Waals surface area contributed by atoms with E-state index in [0.29, 0.717) is 47.6 Å². The minimum absolute atomic E-state index is 0.0754. The first kappa shape index (κ1) is 32.4. The third kappa shape index (κ3) is 4.51. The largest absolute Gasteiger partial charge is 0.497 e. The Morgan fingerprint density at radius 1 is 0.957 bits per heavy atom. The molecule has 2 amide bonds. The molecule has 1 saturated heterocycles. The predicted molar refractivity (Wildman–Crippen MR) is 171 cm³/mol. The molecule has 2 heterocycles. The number of piperidine rings is 1. The number of fused-ring (bicyclic) bond motifs is 1. The molecule has 2 fully saturated rings. The number of aliphatic hydroxyl groups is 3. The van der Waals surface area contributed by atoms with Gasteiger partial charge >= 0.3 is 0 Å². The molecule has 248 valence electrons. The van der Waals surface area contributed by atoms with Crippen LogP contribution in [-0.2, 0) is 20.8 Å². The van der Waals surface area contributed by atoms with Crippen molar-refractivity contribution < 1.29 is 43.9 Å². The van der Waals surface area contributed by atoms with Crippen molar-refractivity contribution in [3.8, 4) is 23.0 Å². The highest BCUT2D eigenvalue weighted by Crippen LogP contribution is 2.76. The fourth-order valence-corrected chi connectivity index (χ4v) is 7.79. The van der Waals surface area contributed by atoms with Crippen LogP contribution >= 0.6 is 0 Å². The minimum Gasteiger partial charge on any atom is -0.497 e.